The van der Waals surface area contributed by atoms with E-state index in [0.717, 1.165) is 37.7 Å². The van der Waals surface area contributed by atoms with Crippen LogP contribution in [0.25, 0.3) is 0 Å². The van der Waals surface area contributed by atoms with Crippen LogP contribution in [0, 0.1) is 5.92 Å². The summed E-state index contributed by atoms with van der Waals surface area (Å²) < 4.78 is 11.2. The Kier molecular flexibility index (Phi) is 5.61. The van der Waals surface area contributed by atoms with Gasteiger partial charge in [-0.05, 0) is 38.7 Å². The van der Waals surface area contributed by atoms with Crippen LogP contribution in [-0.4, -0.2) is 30.8 Å². The molecule has 106 valence electrons. The van der Waals surface area contributed by atoms with E-state index in [1.165, 1.54) is 12.8 Å². The zero-order chi connectivity index (χ0) is 13.5. The van der Waals surface area contributed by atoms with E-state index in [1.807, 2.05) is 19.9 Å². The summed E-state index contributed by atoms with van der Waals surface area (Å²) in [6.07, 6.45) is 4.37. The number of hydrogen-bond donors (Lipinski definition) is 1. The van der Waals surface area contributed by atoms with Gasteiger partial charge in [0, 0.05) is 31.5 Å². The summed E-state index contributed by atoms with van der Waals surface area (Å²) >= 11 is 0. The molecule has 19 heavy (non-hydrogen) atoms. The van der Waals surface area contributed by atoms with Crippen molar-refractivity contribution in [3.8, 4) is 5.88 Å². The van der Waals surface area contributed by atoms with Gasteiger partial charge in [0.05, 0.1) is 12.7 Å². The molecule has 0 radical (unpaired) electrons. The van der Waals surface area contributed by atoms with Crippen molar-refractivity contribution in [3.05, 3.63) is 23.9 Å². The topological polar surface area (TPSA) is 43.4 Å². The van der Waals surface area contributed by atoms with Crippen LogP contribution in [-0.2, 0) is 11.3 Å². The summed E-state index contributed by atoms with van der Waals surface area (Å²) in [5.74, 6) is 1.38. The van der Waals surface area contributed by atoms with Crippen LogP contribution >= 0.6 is 0 Å². The van der Waals surface area contributed by atoms with Gasteiger partial charge in [0.15, 0.2) is 0 Å². The predicted molar refractivity (Wildman–Crippen MR) is 75.3 cm³/mol. The lowest BCUT2D eigenvalue weighted by molar-refractivity contribution is 0.0547. The van der Waals surface area contributed by atoms with Gasteiger partial charge >= 0.3 is 0 Å². The molecular weight excluding hydrogens is 240 g/mol. The molecule has 2 heterocycles. The molecule has 1 aliphatic rings. The van der Waals surface area contributed by atoms with E-state index in [-0.39, 0.29) is 6.10 Å². The Bertz CT molecular complexity index is 376. The maximum atomic E-state index is 5.71. The van der Waals surface area contributed by atoms with Crippen LogP contribution in [0.5, 0.6) is 5.88 Å². The van der Waals surface area contributed by atoms with E-state index < -0.39 is 0 Å². The molecule has 0 spiro atoms. The molecule has 0 saturated carbocycles. The molecule has 1 saturated heterocycles. The highest BCUT2D eigenvalue weighted by molar-refractivity contribution is 5.25. The Balaban J connectivity index is 1.81. The summed E-state index contributed by atoms with van der Waals surface area (Å²) in [4.78, 5) is 4.30. The molecule has 0 bridgehead atoms. The van der Waals surface area contributed by atoms with Crippen molar-refractivity contribution in [2.75, 3.05) is 19.8 Å². The fraction of sp³-hybridized carbons (Fsp3) is 0.667. The van der Waals surface area contributed by atoms with Crippen LogP contribution in [0.4, 0.5) is 0 Å². The number of nitrogens with one attached hydrogen (secondary N) is 1. The molecule has 1 aliphatic heterocycles. The van der Waals surface area contributed by atoms with Gasteiger partial charge in [0.1, 0.15) is 0 Å². The highest BCUT2D eigenvalue weighted by atomic mass is 16.5. The molecular formula is C15H24N2O2. The van der Waals surface area contributed by atoms with Crippen molar-refractivity contribution >= 4 is 0 Å². The number of rotatable bonds is 6. The van der Waals surface area contributed by atoms with Crippen molar-refractivity contribution in [1.29, 1.82) is 0 Å². The highest BCUT2D eigenvalue weighted by Gasteiger charge is 2.13. The minimum atomic E-state index is 0.153. The smallest absolute Gasteiger partial charge is 0.218 e. The van der Waals surface area contributed by atoms with Crippen molar-refractivity contribution in [1.82, 2.24) is 10.3 Å². The van der Waals surface area contributed by atoms with Gasteiger partial charge in [0.2, 0.25) is 5.88 Å². The molecule has 0 amide bonds. The number of aromatic nitrogens is 1. The molecule has 2 rings (SSSR count). The minimum absolute atomic E-state index is 0.153. The second kappa shape index (κ2) is 7.46. The third-order valence-electron chi connectivity index (χ3n) is 3.20. The molecule has 1 aromatic rings. The van der Waals surface area contributed by atoms with Crippen LogP contribution in [0.2, 0.25) is 0 Å². The summed E-state index contributed by atoms with van der Waals surface area (Å²) in [5, 5.41) is 3.49. The Labute approximate surface area is 115 Å². The molecule has 0 aromatic carbocycles. The first-order valence-electron chi connectivity index (χ1n) is 7.14. The number of pyridine rings is 1. The molecule has 1 unspecified atom stereocenters. The second-order valence-corrected chi connectivity index (χ2v) is 5.35. The second-order valence-electron chi connectivity index (χ2n) is 5.35. The van der Waals surface area contributed by atoms with Crippen molar-refractivity contribution in [2.24, 2.45) is 5.92 Å². The molecule has 1 N–H and O–H groups in total. The van der Waals surface area contributed by atoms with Gasteiger partial charge in [-0.1, -0.05) is 6.07 Å². The summed E-state index contributed by atoms with van der Waals surface area (Å²) in [6, 6.07) is 4.02. The lowest BCUT2D eigenvalue weighted by Crippen LogP contribution is -2.29. The average molecular weight is 264 g/mol. The van der Waals surface area contributed by atoms with E-state index in [4.69, 9.17) is 9.47 Å². The zero-order valence-corrected chi connectivity index (χ0v) is 11.9. The quantitative estimate of drug-likeness (QED) is 0.856. The molecule has 4 heteroatoms. The first-order valence-corrected chi connectivity index (χ1v) is 7.14. The number of ether oxygens (including phenoxy) is 2. The van der Waals surface area contributed by atoms with Crippen LogP contribution in [0.3, 0.4) is 0 Å². The van der Waals surface area contributed by atoms with E-state index >= 15 is 0 Å². The monoisotopic (exact) mass is 264 g/mol. The Morgan fingerprint density at radius 2 is 2.42 bits per heavy atom. The molecule has 1 fully saturated rings. The Hall–Kier alpha value is -1.13. The van der Waals surface area contributed by atoms with Gasteiger partial charge in [-0.3, -0.25) is 0 Å². The molecule has 0 aliphatic carbocycles. The van der Waals surface area contributed by atoms with E-state index in [2.05, 4.69) is 16.4 Å². The van der Waals surface area contributed by atoms with E-state index in [1.54, 1.807) is 6.20 Å². The molecule has 4 nitrogen and oxygen atoms in total. The summed E-state index contributed by atoms with van der Waals surface area (Å²) in [6.45, 7) is 7.64. The number of hydrogen-bond acceptors (Lipinski definition) is 4. The van der Waals surface area contributed by atoms with Gasteiger partial charge in [-0.15, -0.1) is 0 Å². The maximum Gasteiger partial charge on any atom is 0.218 e. The third kappa shape index (κ3) is 4.80. The highest BCUT2D eigenvalue weighted by Crippen LogP contribution is 2.16. The van der Waals surface area contributed by atoms with Crippen LogP contribution in [0.1, 0.15) is 32.3 Å². The third-order valence-corrected chi connectivity index (χ3v) is 3.20. The van der Waals surface area contributed by atoms with Crippen LogP contribution in [0.15, 0.2) is 18.3 Å². The largest absolute Gasteiger partial charge is 0.475 e. The maximum absolute atomic E-state index is 5.71. The number of nitrogens with zero attached hydrogens (tertiary/aromatic N) is 1. The van der Waals surface area contributed by atoms with Crippen LogP contribution < -0.4 is 10.1 Å². The lowest BCUT2D eigenvalue weighted by atomic mass is 10.0. The predicted octanol–water partition coefficient (Wildman–Crippen LogP) is 2.39. The average Bonchev–Trinajstić information content (AvgIpc) is 2.41. The SMILES string of the molecule is CC(C)Oc1ncccc1CNCC1CCCOC1. The fourth-order valence-electron chi connectivity index (χ4n) is 2.27. The molecule has 1 atom stereocenters. The van der Waals surface area contributed by atoms with Gasteiger partial charge in [-0.25, -0.2) is 4.98 Å². The van der Waals surface area contributed by atoms with Crippen molar-refractivity contribution in [3.63, 3.8) is 0 Å². The van der Waals surface area contributed by atoms with Gasteiger partial charge in [0.25, 0.3) is 0 Å². The minimum Gasteiger partial charge on any atom is -0.475 e. The Morgan fingerprint density at radius 3 is 3.16 bits per heavy atom. The zero-order valence-electron chi connectivity index (χ0n) is 11.9. The summed E-state index contributed by atoms with van der Waals surface area (Å²) in [5.41, 5.74) is 1.12. The van der Waals surface area contributed by atoms with Crippen molar-refractivity contribution in [2.45, 2.75) is 39.3 Å². The first-order chi connectivity index (χ1) is 9.25. The lowest BCUT2D eigenvalue weighted by Gasteiger charge is -2.22. The van der Waals surface area contributed by atoms with E-state index in [0.29, 0.717) is 5.92 Å². The van der Waals surface area contributed by atoms with Crippen molar-refractivity contribution < 1.29 is 9.47 Å². The standard InChI is InChI=1S/C15H24N2O2/c1-12(2)19-15-14(6-3-7-17-15)10-16-9-13-5-4-8-18-11-13/h3,6-7,12-13,16H,4-5,8-11H2,1-2H3. The van der Waals surface area contributed by atoms with Gasteiger partial charge in [-0.2, -0.15) is 0 Å². The van der Waals surface area contributed by atoms with E-state index in [9.17, 15) is 0 Å². The molecule has 1 aromatic heterocycles. The van der Waals surface area contributed by atoms with Gasteiger partial charge < -0.3 is 14.8 Å². The Morgan fingerprint density at radius 1 is 1.53 bits per heavy atom. The first kappa shape index (κ1) is 14.3. The summed E-state index contributed by atoms with van der Waals surface area (Å²) in [7, 11) is 0. The fourth-order valence-corrected chi connectivity index (χ4v) is 2.27. The normalized spacial score (nSPS) is 19.6.